The average Bonchev–Trinajstić information content (AvgIpc) is 2.96. The fourth-order valence-electron chi connectivity index (χ4n) is 1.56. The molecule has 0 spiro atoms. The number of rotatable bonds is 7. The molecule has 0 bridgehead atoms. The minimum Gasteiger partial charge on any atom is -0.369 e. The van der Waals surface area contributed by atoms with Crippen molar-refractivity contribution in [2.24, 2.45) is 5.73 Å². The maximum atomic E-state index is 13.5. The minimum absolute atomic E-state index is 0.133. The number of benzene rings is 1. The first-order valence-electron chi connectivity index (χ1n) is 6.83. The number of carbonyl (C=O) groups is 2. The summed E-state index contributed by atoms with van der Waals surface area (Å²) < 4.78 is 14.7. The molecule has 24 heavy (non-hydrogen) atoms. The Hall–Kier alpha value is -1.65. The highest BCUT2D eigenvalue weighted by Crippen LogP contribution is 2.31. The first-order chi connectivity index (χ1) is 11.3. The average molecular weight is 386 g/mol. The smallest absolute Gasteiger partial charge is 0.237 e. The first-order valence-corrected chi connectivity index (χ1v) is 9.51. The number of aryl methyl sites for hydroxylation is 1. The molecule has 0 aliphatic carbocycles. The lowest BCUT2D eigenvalue weighted by molar-refractivity contribution is -0.116. The zero-order chi connectivity index (χ0) is 17.7. The third kappa shape index (κ3) is 5.46. The molecule has 2 aromatic rings. The van der Waals surface area contributed by atoms with Crippen molar-refractivity contribution in [1.29, 1.82) is 0 Å². The van der Waals surface area contributed by atoms with Crippen molar-refractivity contribution >= 4 is 52.4 Å². The van der Waals surface area contributed by atoms with Gasteiger partial charge in [0, 0.05) is 5.69 Å². The van der Waals surface area contributed by atoms with Gasteiger partial charge >= 0.3 is 0 Å². The Kier molecular flexibility index (Phi) is 6.58. The summed E-state index contributed by atoms with van der Waals surface area (Å²) in [5.41, 5.74) is 6.00. The fraction of sp³-hybridized carbons (Fsp3) is 0.286. The predicted molar refractivity (Wildman–Crippen MR) is 94.9 cm³/mol. The molecule has 0 radical (unpaired) electrons. The van der Waals surface area contributed by atoms with Crippen LogP contribution in [-0.4, -0.2) is 33.0 Å². The van der Waals surface area contributed by atoms with Gasteiger partial charge in [-0.05, 0) is 31.5 Å². The molecular weight excluding hydrogens is 371 g/mol. The number of hydrogen-bond donors (Lipinski definition) is 2. The van der Waals surface area contributed by atoms with Gasteiger partial charge in [-0.2, -0.15) is 0 Å². The summed E-state index contributed by atoms with van der Waals surface area (Å²) >= 11 is 3.74. The zero-order valence-electron chi connectivity index (χ0n) is 12.9. The lowest BCUT2D eigenvalue weighted by atomic mass is 10.2. The van der Waals surface area contributed by atoms with E-state index < -0.39 is 11.2 Å². The number of aromatic nitrogens is 2. The molecule has 0 fully saturated rings. The van der Waals surface area contributed by atoms with Crippen molar-refractivity contribution in [3.05, 3.63) is 29.6 Å². The molecule has 1 heterocycles. The predicted octanol–water partition coefficient (Wildman–Crippen LogP) is 2.68. The SMILES string of the molecule is Cc1ccc(NC(=O)[C@@H](C)Sc2nnc(SCC(N)=O)s2)cc1F. The normalized spacial score (nSPS) is 12.0. The quantitative estimate of drug-likeness (QED) is 0.710. The topological polar surface area (TPSA) is 98.0 Å². The Balaban J connectivity index is 1.91. The van der Waals surface area contributed by atoms with E-state index in [0.717, 1.165) is 0 Å². The van der Waals surface area contributed by atoms with Gasteiger partial charge in [0.15, 0.2) is 8.68 Å². The number of thioether (sulfide) groups is 2. The molecule has 2 rings (SSSR count). The van der Waals surface area contributed by atoms with Gasteiger partial charge in [-0.1, -0.05) is 40.9 Å². The van der Waals surface area contributed by atoms with Crippen LogP contribution in [0.15, 0.2) is 26.9 Å². The van der Waals surface area contributed by atoms with E-state index in [0.29, 0.717) is 19.9 Å². The lowest BCUT2D eigenvalue weighted by Gasteiger charge is -2.10. The van der Waals surface area contributed by atoms with Gasteiger partial charge < -0.3 is 11.1 Å². The van der Waals surface area contributed by atoms with Gasteiger partial charge in [-0.15, -0.1) is 10.2 Å². The number of nitrogens with zero attached hydrogens (tertiary/aromatic N) is 2. The number of nitrogens with two attached hydrogens (primary N) is 1. The van der Waals surface area contributed by atoms with Gasteiger partial charge in [0.2, 0.25) is 11.8 Å². The van der Waals surface area contributed by atoms with Crippen molar-refractivity contribution in [2.75, 3.05) is 11.1 Å². The van der Waals surface area contributed by atoms with E-state index in [1.54, 1.807) is 26.0 Å². The van der Waals surface area contributed by atoms with Crippen molar-refractivity contribution < 1.29 is 14.0 Å². The van der Waals surface area contributed by atoms with Crippen LogP contribution in [0.3, 0.4) is 0 Å². The van der Waals surface area contributed by atoms with Gasteiger partial charge in [0.1, 0.15) is 5.82 Å². The number of amides is 2. The molecule has 0 aliphatic rings. The molecule has 0 aliphatic heterocycles. The van der Waals surface area contributed by atoms with Crippen LogP contribution in [0.1, 0.15) is 12.5 Å². The van der Waals surface area contributed by atoms with Crippen molar-refractivity contribution in [3.63, 3.8) is 0 Å². The number of hydrogen-bond acceptors (Lipinski definition) is 7. The highest BCUT2D eigenvalue weighted by atomic mass is 32.2. The molecule has 1 atom stereocenters. The molecule has 0 saturated heterocycles. The number of nitrogens with one attached hydrogen (secondary N) is 1. The van der Waals surface area contributed by atoms with E-state index >= 15 is 0 Å². The molecule has 3 N–H and O–H groups in total. The van der Waals surface area contributed by atoms with Crippen LogP contribution in [0.25, 0.3) is 0 Å². The van der Waals surface area contributed by atoms with Crippen LogP contribution in [0.4, 0.5) is 10.1 Å². The number of carbonyl (C=O) groups excluding carboxylic acids is 2. The van der Waals surface area contributed by atoms with Gasteiger partial charge in [-0.3, -0.25) is 9.59 Å². The summed E-state index contributed by atoms with van der Waals surface area (Å²) in [7, 11) is 0. The Bertz CT molecular complexity index is 753. The van der Waals surface area contributed by atoms with Crippen molar-refractivity contribution in [3.8, 4) is 0 Å². The van der Waals surface area contributed by atoms with E-state index in [-0.39, 0.29) is 17.5 Å². The largest absolute Gasteiger partial charge is 0.369 e. The van der Waals surface area contributed by atoms with Crippen LogP contribution < -0.4 is 11.1 Å². The Morgan fingerprint density at radius 2 is 2.08 bits per heavy atom. The molecular formula is C14H15FN4O2S3. The first kappa shape index (κ1) is 18.7. The molecule has 1 aromatic carbocycles. The van der Waals surface area contributed by atoms with Gasteiger partial charge in [0.25, 0.3) is 0 Å². The van der Waals surface area contributed by atoms with E-state index in [1.165, 1.54) is 40.9 Å². The van der Waals surface area contributed by atoms with Gasteiger partial charge in [0.05, 0.1) is 11.0 Å². The summed E-state index contributed by atoms with van der Waals surface area (Å²) in [5, 5.41) is 10.1. The van der Waals surface area contributed by atoms with E-state index in [4.69, 9.17) is 5.73 Å². The van der Waals surface area contributed by atoms with Crippen LogP contribution in [-0.2, 0) is 9.59 Å². The summed E-state index contributed by atoms with van der Waals surface area (Å²) in [6, 6.07) is 4.54. The van der Waals surface area contributed by atoms with E-state index in [9.17, 15) is 14.0 Å². The summed E-state index contributed by atoms with van der Waals surface area (Å²) in [5.74, 6) is -0.922. The summed E-state index contributed by atoms with van der Waals surface area (Å²) in [4.78, 5) is 22.9. The number of halogens is 1. The molecule has 2 amide bonds. The Morgan fingerprint density at radius 3 is 2.75 bits per heavy atom. The third-order valence-corrected chi connectivity index (χ3v) is 6.08. The monoisotopic (exact) mass is 386 g/mol. The maximum absolute atomic E-state index is 13.5. The second-order valence-corrected chi connectivity index (χ2v) is 8.59. The van der Waals surface area contributed by atoms with Crippen LogP contribution in [0.5, 0.6) is 0 Å². The summed E-state index contributed by atoms with van der Waals surface area (Å²) in [6.07, 6.45) is 0. The highest BCUT2D eigenvalue weighted by Gasteiger charge is 2.18. The number of primary amides is 1. The fourth-order valence-corrected chi connectivity index (χ4v) is 4.46. The molecule has 0 unspecified atom stereocenters. The zero-order valence-corrected chi connectivity index (χ0v) is 15.4. The maximum Gasteiger partial charge on any atom is 0.237 e. The molecule has 128 valence electrons. The standard InChI is InChI=1S/C14H15FN4O2S3/c1-7-3-4-9(5-10(7)15)17-12(21)8(2)23-14-19-18-13(24-14)22-6-11(16)20/h3-5,8H,6H2,1-2H3,(H2,16,20)(H,17,21)/t8-/m1/s1. The van der Waals surface area contributed by atoms with Crippen molar-refractivity contribution in [1.82, 2.24) is 10.2 Å². The van der Waals surface area contributed by atoms with Gasteiger partial charge in [-0.25, -0.2) is 4.39 Å². The second kappa shape index (κ2) is 8.45. The molecule has 6 nitrogen and oxygen atoms in total. The Labute approximate surface area is 150 Å². The van der Waals surface area contributed by atoms with E-state index in [2.05, 4.69) is 15.5 Å². The summed E-state index contributed by atoms with van der Waals surface area (Å²) in [6.45, 7) is 3.38. The van der Waals surface area contributed by atoms with Crippen molar-refractivity contribution in [2.45, 2.75) is 27.8 Å². The van der Waals surface area contributed by atoms with Crippen LogP contribution >= 0.6 is 34.9 Å². The highest BCUT2D eigenvalue weighted by molar-refractivity contribution is 8.04. The van der Waals surface area contributed by atoms with E-state index in [1.807, 2.05) is 0 Å². The third-order valence-electron chi connectivity index (χ3n) is 2.81. The van der Waals surface area contributed by atoms with Crippen LogP contribution in [0, 0.1) is 12.7 Å². The molecule has 1 aromatic heterocycles. The molecule has 10 heteroatoms. The Morgan fingerprint density at radius 1 is 1.38 bits per heavy atom. The number of anilines is 1. The van der Waals surface area contributed by atoms with Crippen LogP contribution in [0.2, 0.25) is 0 Å². The lowest BCUT2D eigenvalue weighted by Crippen LogP contribution is -2.22. The minimum atomic E-state index is -0.434. The second-order valence-electron chi connectivity index (χ2n) is 4.80. The molecule has 0 saturated carbocycles.